The number of nitrogens with one attached hydrogen (secondary N) is 3. The number of aromatic hydroxyl groups is 1. The first kappa shape index (κ1) is 47.2. The molecule has 340 valence electrons. The number of carbonyl (C=O) groups is 4. The molecule has 3 amide bonds. The highest BCUT2D eigenvalue weighted by atomic mass is 16.5. The highest BCUT2D eigenvalue weighted by Crippen LogP contribution is 2.42. The number of ether oxygens (including phenoxy) is 2. The van der Waals surface area contributed by atoms with Crippen LogP contribution in [-0.4, -0.2) is 108 Å². The van der Waals surface area contributed by atoms with Crippen molar-refractivity contribution >= 4 is 35.1 Å². The van der Waals surface area contributed by atoms with Crippen LogP contribution in [0.4, 0.5) is 0 Å². The molecular formula is C49H67N7O7. The van der Waals surface area contributed by atoms with Crippen molar-refractivity contribution in [2.45, 2.75) is 105 Å². The summed E-state index contributed by atoms with van der Waals surface area (Å²) in [7, 11) is 3.35. The fourth-order valence-electron chi connectivity index (χ4n) is 9.45. The lowest BCUT2D eigenvalue weighted by Gasteiger charge is -2.37. The molecule has 2 aromatic heterocycles. The Hall–Kier alpha value is -5.31. The molecule has 14 heteroatoms. The normalized spacial score (nSPS) is 18.3. The average molecular weight is 866 g/mol. The maximum atomic E-state index is 14.3. The van der Waals surface area contributed by atoms with Crippen molar-refractivity contribution in [2.24, 2.45) is 16.7 Å². The summed E-state index contributed by atoms with van der Waals surface area (Å²) in [4.78, 5) is 60.1. The average Bonchev–Trinajstić information content (AvgIpc) is 3.85. The molecule has 4 heterocycles. The topological polar surface area (TPSA) is 167 Å². The summed E-state index contributed by atoms with van der Waals surface area (Å²) in [6.07, 6.45) is 4.62. The van der Waals surface area contributed by atoms with Crippen LogP contribution in [0.2, 0.25) is 0 Å². The van der Waals surface area contributed by atoms with E-state index < -0.39 is 28.8 Å². The molecule has 2 aliphatic rings. The van der Waals surface area contributed by atoms with Crippen molar-refractivity contribution < 1.29 is 33.8 Å². The summed E-state index contributed by atoms with van der Waals surface area (Å²) < 4.78 is 13.4. The molecule has 4 N–H and O–H groups in total. The number of pyridine rings is 1. The molecule has 63 heavy (non-hydrogen) atoms. The Labute approximate surface area is 372 Å². The number of aryl methyl sites for hydroxylation is 1. The van der Waals surface area contributed by atoms with Crippen molar-refractivity contribution in [3.8, 4) is 28.1 Å². The predicted octanol–water partition coefficient (Wildman–Crippen LogP) is 6.18. The van der Waals surface area contributed by atoms with Crippen LogP contribution in [0, 0.1) is 16.7 Å². The Balaban J connectivity index is 1.41. The van der Waals surface area contributed by atoms with E-state index in [2.05, 4.69) is 59.6 Å². The van der Waals surface area contributed by atoms with Crippen molar-refractivity contribution in [1.82, 2.24) is 35.5 Å². The summed E-state index contributed by atoms with van der Waals surface area (Å²) in [5.74, 6) is -1.00. The zero-order chi connectivity index (χ0) is 45.6. The van der Waals surface area contributed by atoms with E-state index in [0.717, 1.165) is 63.9 Å². The number of benzene rings is 2. The lowest BCUT2D eigenvalue weighted by atomic mass is 9.84. The lowest BCUT2D eigenvalue weighted by Crippen LogP contribution is -2.60. The van der Waals surface area contributed by atoms with Gasteiger partial charge in [0, 0.05) is 74.8 Å². The van der Waals surface area contributed by atoms with E-state index in [4.69, 9.17) is 14.5 Å². The number of phenols is 1. The van der Waals surface area contributed by atoms with Gasteiger partial charge in [0.15, 0.2) is 0 Å². The number of likely N-dealkylation sites (N-methyl/N-ethyl adjacent to an activating group) is 1. The molecule has 4 aromatic rings. The van der Waals surface area contributed by atoms with Crippen LogP contribution in [0.3, 0.4) is 0 Å². The second kappa shape index (κ2) is 20.0. The van der Waals surface area contributed by atoms with E-state index in [1.165, 1.54) is 0 Å². The highest BCUT2D eigenvalue weighted by Gasteiger charge is 2.43. The predicted molar refractivity (Wildman–Crippen MR) is 244 cm³/mol. The first-order valence-electron chi connectivity index (χ1n) is 22.4. The van der Waals surface area contributed by atoms with Crippen molar-refractivity contribution in [2.75, 3.05) is 46.9 Å². The molecule has 2 aromatic carbocycles. The molecule has 0 bridgehead atoms. The lowest BCUT2D eigenvalue weighted by molar-refractivity contribution is -0.148. The second-order valence-electron chi connectivity index (χ2n) is 18.7. The molecule has 0 unspecified atom stereocenters. The van der Waals surface area contributed by atoms with E-state index in [0.29, 0.717) is 51.1 Å². The fourth-order valence-corrected chi connectivity index (χ4v) is 9.45. The molecule has 4 atom stereocenters. The maximum absolute atomic E-state index is 14.3. The van der Waals surface area contributed by atoms with Crippen molar-refractivity contribution in [3.05, 3.63) is 71.5 Å². The number of hydrazine groups is 1. The molecule has 0 saturated carbocycles. The smallest absolute Gasteiger partial charge is 0.293 e. The minimum atomic E-state index is -0.986. The molecule has 0 aliphatic carbocycles. The molecule has 2 fully saturated rings. The van der Waals surface area contributed by atoms with E-state index in [1.54, 1.807) is 42.4 Å². The van der Waals surface area contributed by atoms with Gasteiger partial charge in [0.05, 0.1) is 29.5 Å². The van der Waals surface area contributed by atoms with Gasteiger partial charge in [0.2, 0.25) is 11.8 Å². The minimum absolute atomic E-state index is 0.0211. The molecule has 6 rings (SSSR count). The fraction of sp³-hybridized carbons (Fsp3) is 0.531. The third-order valence-corrected chi connectivity index (χ3v) is 12.8. The van der Waals surface area contributed by atoms with Crippen molar-refractivity contribution in [3.63, 3.8) is 0 Å². The van der Waals surface area contributed by atoms with Gasteiger partial charge in [-0.3, -0.25) is 29.2 Å². The number of hydrogen-bond acceptors (Lipinski definition) is 10. The van der Waals surface area contributed by atoms with Crippen LogP contribution in [-0.2, 0) is 48.0 Å². The monoisotopic (exact) mass is 866 g/mol. The van der Waals surface area contributed by atoms with Crippen LogP contribution >= 0.6 is 0 Å². The van der Waals surface area contributed by atoms with Gasteiger partial charge in [-0.15, -0.1) is 0 Å². The third-order valence-electron chi connectivity index (χ3n) is 12.8. The molecule has 0 spiro atoms. The van der Waals surface area contributed by atoms with E-state index in [9.17, 15) is 24.3 Å². The van der Waals surface area contributed by atoms with Crippen LogP contribution < -0.4 is 16.1 Å². The summed E-state index contributed by atoms with van der Waals surface area (Å²) in [5.41, 5.74) is 9.25. The summed E-state index contributed by atoms with van der Waals surface area (Å²) in [6.45, 7) is 17.8. The standard InChI is InChI=1S/C49H67N7O7/c1-10-55-41-16-15-34(26-38(41)39(27-48(5,6)29-63-30-57)44(55)37-14-13-18-51-42(37)32(4)62-9)35-22-33(23-36(58)25-35)24-40(46(60)56-21-12-11-19-52-56)53-45(59)43(31(2)3)54(8)47(61)49(7)17-20-50-28-49/h13-16,18,22-23,25-26,30-32,40,43,50,52,58H,10-12,17,19-21,24,27-29H2,1-9H3,(H,53,59)/t32-,40-,43-,49-/m0/s1. The van der Waals surface area contributed by atoms with E-state index in [1.807, 2.05) is 45.9 Å². The van der Waals surface area contributed by atoms with E-state index in [-0.39, 0.29) is 42.6 Å². The largest absolute Gasteiger partial charge is 0.508 e. The second-order valence-corrected chi connectivity index (χ2v) is 18.7. The maximum Gasteiger partial charge on any atom is 0.293 e. The Morgan fingerprint density at radius 3 is 2.51 bits per heavy atom. The van der Waals surface area contributed by atoms with Gasteiger partial charge >= 0.3 is 0 Å². The first-order chi connectivity index (χ1) is 30.0. The van der Waals surface area contributed by atoms with Crippen LogP contribution in [0.15, 0.2) is 54.7 Å². The molecule has 0 radical (unpaired) electrons. The Morgan fingerprint density at radius 2 is 1.86 bits per heavy atom. The first-order valence-corrected chi connectivity index (χ1v) is 22.4. The van der Waals surface area contributed by atoms with Crippen LogP contribution in [0.25, 0.3) is 33.3 Å². The number of phenolic OH excluding ortho intramolecular Hbond substituents is 1. The Kier molecular flexibility index (Phi) is 15.0. The van der Waals surface area contributed by atoms with Crippen molar-refractivity contribution in [1.29, 1.82) is 0 Å². The van der Waals surface area contributed by atoms with Crippen LogP contribution in [0.5, 0.6) is 5.75 Å². The van der Waals surface area contributed by atoms with Gasteiger partial charge < -0.3 is 34.7 Å². The number of aromatic nitrogens is 2. The van der Waals surface area contributed by atoms with Gasteiger partial charge in [-0.1, -0.05) is 39.8 Å². The number of nitrogens with zero attached hydrogens (tertiary/aromatic N) is 4. The number of carbonyl (C=O) groups excluding carboxylic acids is 4. The van der Waals surface area contributed by atoms with Gasteiger partial charge in [0.25, 0.3) is 12.4 Å². The van der Waals surface area contributed by atoms with E-state index >= 15 is 0 Å². The number of methoxy groups -OCH3 is 1. The molecular weight excluding hydrogens is 799 g/mol. The number of amides is 3. The quantitative estimate of drug-likeness (QED) is 0.0849. The number of rotatable bonds is 18. The summed E-state index contributed by atoms with van der Waals surface area (Å²) >= 11 is 0. The van der Waals surface area contributed by atoms with Gasteiger partial charge in [-0.25, -0.2) is 5.43 Å². The Bertz CT molecular complexity index is 2270. The minimum Gasteiger partial charge on any atom is -0.508 e. The molecule has 2 saturated heterocycles. The molecule has 2 aliphatic heterocycles. The number of fused-ring (bicyclic) bond motifs is 1. The highest BCUT2D eigenvalue weighted by molar-refractivity contribution is 5.96. The van der Waals surface area contributed by atoms with Crippen LogP contribution in [0.1, 0.15) is 90.7 Å². The summed E-state index contributed by atoms with van der Waals surface area (Å²) in [5, 5.41) is 20.2. The zero-order valence-corrected chi connectivity index (χ0v) is 38.5. The third kappa shape index (κ3) is 10.4. The summed E-state index contributed by atoms with van der Waals surface area (Å²) in [6, 6.07) is 13.8. The van der Waals surface area contributed by atoms with Gasteiger partial charge in [-0.2, -0.15) is 0 Å². The number of hydrogen-bond donors (Lipinski definition) is 4. The Morgan fingerprint density at radius 1 is 1.08 bits per heavy atom. The van der Waals surface area contributed by atoms with Gasteiger partial charge in [-0.05, 0) is 118 Å². The zero-order valence-electron chi connectivity index (χ0n) is 38.5. The SMILES string of the molecule is CCn1c(-c2cccnc2[C@H](C)OC)c(CC(C)(C)COC=O)c2cc(-c3cc(O)cc(C[C@H](NC(=O)[C@H](C(C)C)N(C)C(=O)[C@@]4(C)CCNC4)C(=O)N4CCCCN4)c3)ccc21. The van der Waals surface area contributed by atoms with Gasteiger partial charge in [0.1, 0.15) is 17.8 Å². The molecule has 14 nitrogen and oxygen atoms in total.